The topological polar surface area (TPSA) is 66.2 Å². The van der Waals surface area contributed by atoms with Crippen LogP contribution in [0.15, 0.2) is 29.3 Å². The van der Waals surface area contributed by atoms with E-state index in [-0.39, 0.29) is 54.9 Å². The van der Waals surface area contributed by atoms with Gasteiger partial charge in [-0.1, -0.05) is 29.1 Å². The predicted molar refractivity (Wildman–Crippen MR) is 86.0 cm³/mol. The molecular formula is C15H17F3N3NaO3S. The molecule has 0 spiro atoms. The number of halogens is 3. The summed E-state index contributed by atoms with van der Waals surface area (Å²) in [5.41, 5.74) is 0.555. The van der Waals surface area contributed by atoms with Gasteiger partial charge in [0.1, 0.15) is 10.8 Å². The van der Waals surface area contributed by atoms with Crippen LogP contribution >= 0.6 is 11.8 Å². The minimum atomic E-state index is -4.38. The molecule has 1 aromatic heterocycles. The fraction of sp³-hybridized carbons (Fsp3) is 0.400. The number of methoxy groups -OCH3 is 1. The summed E-state index contributed by atoms with van der Waals surface area (Å²) in [5, 5.41) is 7.52. The van der Waals surface area contributed by atoms with E-state index in [1.165, 1.54) is 11.8 Å². The minimum absolute atomic E-state index is 0. The van der Waals surface area contributed by atoms with E-state index in [2.05, 4.69) is 10.3 Å². The van der Waals surface area contributed by atoms with Crippen molar-refractivity contribution in [2.24, 2.45) is 0 Å². The minimum Gasteiger partial charge on any atom is -1.00 e. The Morgan fingerprint density at radius 1 is 1.31 bits per heavy atom. The van der Waals surface area contributed by atoms with E-state index < -0.39 is 17.9 Å². The van der Waals surface area contributed by atoms with Gasteiger partial charge in [0, 0.05) is 0 Å². The van der Waals surface area contributed by atoms with Crippen LogP contribution in [-0.2, 0) is 11.3 Å². The van der Waals surface area contributed by atoms with Gasteiger partial charge in [-0.05, 0) is 24.6 Å². The Labute approximate surface area is 176 Å². The van der Waals surface area contributed by atoms with Crippen molar-refractivity contribution in [1.82, 2.24) is 15.0 Å². The second-order valence-corrected chi connectivity index (χ2v) is 5.84. The number of esters is 1. The number of nitrogens with zero attached hydrogens (tertiary/aromatic N) is 3. The fourth-order valence-electron chi connectivity index (χ4n) is 1.93. The van der Waals surface area contributed by atoms with Crippen LogP contribution in [0.5, 0.6) is 5.75 Å². The molecule has 0 aliphatic carbocycles. The van der Waals surface area contributed by atoms with Gasteiger partial charge in [0.25, 0.3) is 0 Å². The van der Waals surface area contributed by atoms with Crippen LogP contribution in [-0.4, -0.2) is 46.6 Å². The first-order valence-electron chi connectivity index (χ1n) is 7.27. The molecule has 1 heterocycles. The maximum absolute atomic E-state index is 12.6. The summed E-state index contributed by atoms with van der Waals surface area (Å²) in [5.74, 6) is -1.30. The monoisotopic (exact) mass is 399 g/mol. The zero-order valence-corrected chi connectivity index (χ0v) is 17.4. The standard InChI is InChI=1S/C15H16F3N3O3S.Na.H/c1-3-24-14(22)12-13(25-9-15(16,17)18)21(20-19-12)8-10-4-6-11(23-2)7-5-10;;/h4-7H,3,8-9H2,1-2H3;;/q;+1;-1. The van der Waals surface area contributed by atoms with Gasteiger partial charge >= 0.3 is 41.7 Å². The van der Waals surface area contributed by atoms with E-state index in [0.29, 0.717) is 17.5 Å². The number of alkyl halides is 3. The number of hydrogen-bond donors (Lipinski definition) is 0. The van der Waals surface area contributed by atoms with Gasteiger partial charge in [0.15, 0.2) is 0 Å². The quantitative estimate of drug-likeness (QED) is 0.379. The second kappa shape index (κ2) is 10.2. The van der Waals surface area contributed by atoms with Crippen LogP contribution in [0.25, 0.3) is 0 Å². The van der Waals surface area contributed by atoms with Crippen molar-refractivity contribution in [3.63, 3.8) is 0 Å². The molecule has 6 nitrogen and oxygen atoms in total. The maximum Gasteiger partial charge on any atom is 1.00 e. The summed E-state index contributed by atoms with van der Waals surface area (Å²) >= 11 is 0.456. The van der Waals surface area contributed by atoms with Crippen molar-refractivity contribution < 1.29 is 58.4 Å². The molecule has 0 amide bonds. The molecule has 0 bridgehead atoms. The van der Waals surface area contributed by atoms with Gasteiger partial charge in [0.05, 0.1) is 26.0 Å². The molecule has 11 heteroatoms. The molecule has 0 unspecified atom stereocenters. The Kier molecular flexibility index (Phi) is 8.94. The van der Waals surface area contributed by atoms with Crippen molar-refractivity contribution in [2.75, 3.05) is 19.5 Å². The molecule has 0 aliphatic rings. The average Bonchev–Trinajstić information content (AvgIpc) is 2.96. The molecule has 0 saturated carbocycles. The Balaban J connectivity index is 0.00000338. The Morgan fingerprint density at radius 3 is 2.50 bits per heavy atom. The summed E-state index contributed by atoms with van der Waals surface area (Å²) < 4.78 is 48.8. The Bertz CT molecular complexity index is 729. The van der Waals surface area contributed by atoms with E-state index in [9.17, 15) is 18.0 Å². The molecule has 2 aromatic rings. The number of carbonyl (C=O) groups excluding carboxylic acids is 1. The van der Waals surface area contributed by atoms with Gasteiger partial charge in [0.2, 0.25) is 5.69 Å². The maximum atomic E-state index is 12.6. The second-order valence-electron chi connectivity index (χ2n) is 4.87. The molecule has 0 aliphatic heterocycles. The molecular weight excluding hydrogens is 382 g/mol. The third-order valence-corrected chi connectivity index (χ3v) is 4.17. The molecule has 138 valence electrons. The number of ether oxygens (including phenoxy) is 2. The zero-order valence-electron chi connectivity index (χ0n) is 15.5. The Hall–Kier alpha value is -1.23. The first-order valence-corrected chi connectivity index (χ1v) is 8.25. The van der Waals surface area contributed by atoms with Crippen molar-refractivity contribution >= 4 is 17.7 Å². The van der Waals surface area contributed by atoms with E-state index >= 15 is 0 Å². The van der Waals surface area contributed by atoms with Crippen molar-refractivity contribution in [2.45, 2.75) is 24.7 Å². The van der Waals surface area contributed by atoms with Gasteiger partial charge in [-0.2, -0.15) is 13.2 Å². The van der Waals surface area contributed by atoms with Gasteiger partial charge in [-0.25, -0.2) is 9.48 Å². The van der Waals surface area contributed by atoms with Crippen LogP contribution in [0.4, 0.5) is 13.2 Å². The first-order chi connectivity index (χ1) is 11.8. The molecule has 0 fully saturated rings. The number of benzene rings is 1. The summed E-state index contributed by atoms with van der Waals surface area (Å²) in [6.45, 7) is 1.85. The molecule has 0 N–H and O–H groups in total. The van der Waals surface area contributed by atoms with E-state index in [1.807, 2.05) is 0 Å². The van der Waals surface area contributed by atoms with E-state index in [0.717, 1.165) is 5.56 Å². The third-order valence-electron chi connectivity index (χ3n) is 3.02. The van der Waals surface area contributed by atoms with Crippen LogP contribution in [0, 0.1) is 0 Å². The van der Waals surface area contributed by atoms with Crippen LogP contribution in [0.3, 0.4) is 0 Å². The molecule has 0 atom stereocenters. The van der Waals surface area contributed by atoms with Crippen molar-refractivity contribution in [1.29, 1.82) is 0 Å². The predicted octanol–water partition coefficient (Wildman–Crippen LogP) is 0.283. The average molecular weight is 399 g/mol. The number of carbonyl (C=O) groups is 1. The van der Waals surface area contributed by atoms with Crippen LogP contribution < -0.4 is 34.3 Å². The van der Waals surface area contributed by atoms with Gasteiger partial charge in [-0.3, -0.25) is 0 Å². The molecule has 26 heavy (non-hydrogen) atoms. The summed E-state index contributed by atoms with van der Waals surface area (Å²) in [6.07, 6.45) is -4.38. The van der Waals surface area contributed by atoms with Crippen molar-refractivity contribution in [3.05, 3.63) is 35.5 Å². The van der Waals surface area contributed by atoms with Crippen LogP contribution in [0.2, 0.25) is 0 Å². The largest absolute Gasteiger partial charge is 1.00 e. The van der Waals surface area contributed by atoms with Crippen LogP contribution in [0.1, 0.15) is 24.4 Å². The number of hydrogen-bond acceptors (Lipinski definition) is 6. The zero-order chi connectivity index (χ0) is 18.4. The first kappa shape index (κ1) is 22.8. The normalized spacial score (nSPS) is 11.0. The van der Waals surface area contributed by atoms with Gasteiger partial charge < -0.3 is 10.9 Å². The smallest absolute Gasteiger partial charge is 1.00 e. The summed E-state index contributed by atoms with van der Waals surface area (Å²) in [6, 6.07) is 6.95. The molecule has 0 radical (unpaired) electrons. The summed E-state index contributed by atoms with van der Waals surface area (Å²) in [7, 11) is 1.53. The van der Waals surface area contributed by atoms with E-state index in [4.69, 9.17) is 9.47 Å². The number of rotatable bonds is 7. The van der Waals surface area contributed by atoms with E-state index in [1.54, 1.807) is 31.2 Å². The number of thioether (sulfide) groups is 1. The molecule has 2 rings (SSSR count). The number of aromatic nitrogens is 3. The SMILES string of the molecule is CCOC(=O)c1nnn(Cc2ccc(OC)cc2)c1SCC(F)(F)F.[H-].[Na+]. The van der Waals surface area contributed by atoms with Crippen molar-refractivity contribution in [3.8, 4) is 5.75 Å². The molecule has 0 saturated heterocycles. The fourth-order valence-corrected chi connectivity index (χ4v) is 2.74. The van der Waals surface area contributed by atoms with Gasteiger partial charge in [-0.15, -0.1) is 5.10 Å². The Morgan fingerprint density at radius 2 is 1.96 bits per heavy atom. The molecule has 1 aromatic carbocycles. The summed E-state index contributed by atoms with van der Waals surface area (Å²) in [4.78, 5) is 11.9. The third kappa shape index (κ3) is 6.49.